The summed E-state index contributed by atoms with van der Waals surface area (Å²) in [5.74, 6) is -1.08. The van der Waals surface area contributed by atoms with E-state index in [2.05, 4.69) is 15.1 Å². The molecule has 5 rings (SSSR count). The second kappa shape index (κ2) is 7.30. The van der Waals surface area contributed by atoms with Gasteiger partial charge in [-0.3, -0.25) is 4.99 Å². The van der Waals surface area contributed by atoms with Crippen molar-refractivity contribution in [2.24, 2.45) is 4.99 Å². The van der Waals surface area contributed by atoms with Gasteiger partial charge in [0.15, 0.2) is 5.82 Å². The molecule has 3 heterocycles. The van der Waals surface area contributed by atoms with Gasteiger partial charge in [0, 0.05) is 5.56 Å². The Hall–Kier alpha value is -2.55. The minimum absolute atomic E-state index is 0.0442. The minimum atomic E-state index is -0.760. The van der Waals surface area contributed by atoms with Gasteiger partial charge in [-0.1, -0.05) is 29.3 Å². The summed E-state index contributed by atoms with van der Waals surface area (Å²) in [6.45, 7) is 2.68. The molecule has 0 amide bonds. The highest BCUT2D eigenvalue weighted by atomic mass is 35.5. The molecule has 1 fully saturated rings. The van der Waals surface area contributed by atoms with Crippen LogP contribution in [0.15, 0.2) is 35.3 Å². The molecular weight excluding hydrogens is 437 g/mol. The summed E-state index contributed by atoms with van der Waals surface area (Å²) in [5, 5.41) is 4.77. The van der Waals surface area contributed by atoms with Crippen LogP contribution in [0.1, 0.15) is 29.9 Å². The fraction of sp³-hybridized carbons (Fsp3) is 0.250. The van der Waals surface area contributed by atoms with Crippen molar-refractivity contribution >= 4 is 28.9 Å². The van der Waals surface area contributed by atoms with E-state index in [-0.39, 0.29) is 39.0 Å². The summed E-state index contributed by atoms with van der Waals surface area (Å²) >= 11 is 12.7. The number of ether oxygens (including phenoxy) is 2. The lowest BCUT2D eigenvalue weighted by atomic mass is 9.99. The molecule has 0 radical (unpaired) electrons. The number of hydrogen-bond acceptors (Lipinski definition) is 5. The lowest BCUT2D eigenvalue weighted by Gasteiger charge is -2.24. The van der Waals surface area contributed by atoms with E-state index in [9.17, 15) is 8.78 Å². The first kappa shape index (κ1) is 19.4. The van der Waals surface area contributed by atoms with Gasteiger partial charge in [0.25, 0.3) is 0 Å². The van der Waals surface area contributed by atoms with Gasteiger partial charge in [0.1, 0.15) is 23.8 Å². The Kier molecular flexibility index (Phi) is 4.72. The Morgan fingerprint density at radius 2 is 1.83 bits per heavy atom. The summed E-state index contributed by atoms with van der Waals surface area (Å²) in [4.78, 5) is 9.01. The molecule has 0 saturated carbocycles. The summed E-state index contributed by atoms with van der Waals surface area (Å²) in [7, 11) is 0. The fourth-order valence-corrected chi connectivity index (χ4v) is 3.81. The van der Waals surface area contributed by atoms with Crippen LogP contribution < -0.4 is 4.74 Å². The zero-order valence-corrected chi connectivity index (χ0v) is 17.1. The van der Waals surface area contributed by atoms with E-state index in [0.717, 1.165) is 12.1 Å². The van der Waals surface area contributed by atoms with Crippen LogP contribution in [0.4, 0.5) is 8.78 Å². The van der Waals surface area contributed by atoms with Crippen LogP contribution in [-0.2, 0) is 4.74 Å². The van der Waals surface area contributed by atoms with E-state index in [0.29, 0.717) is 24.7 Å². The maximum absolute atomic E-state index is 14.7. The van der Waals surface area contributed by atoms with Crippen LogP contribution >= 0.6 is 23.2 Å². The molecule has 0 aliphatic carbocycles. The smallest absolute Gasteiger partial charge is 0.336 e. The molecule has 2 aromatic carbocycles. The molecule has 6 nitrogen and oxygen atoms in total. The number of rotatable bonds is 3. The van der Waals surface area contributed by atoms with Crippen LogP contribution in [-0.4, -0.2) is 39.8 Å². The monoisotopic (exact) mass is 450 g/mol. The Labute approximate surface area is 180 Å². The molecule has 0 bridgehead atoms. The highest BCUT2D eigenvalue weighted by molar-refractivity contribution is 6.45. The second-order valence-corrected chi connectivity index (χ2v) is 7.73. The average Bonchev–Trinajstić information content (AvgIpc) is 3.05. The van der Waals surface area contributed by atoms with Gasteiger partial charge in [-0.05, 0) is 31.2 Å². The molecule has 154 valence electrons. The molecule has 1 atom stereocenters. The first-order chi connectivity index (χ1) is 14.4. The predicted octanol–water partition coefficient (Wildman–Crippen LogP) is 4.54. The first-order valence-corrected chi connectivity index (χ1v) is 9.92. The Balaban J connectivity index is 1.74. The number of nitrogens with zero attached hydrogens (tertiary/aromatic N) is 4. The third kappa shape index (κ3) is 3.07. The topological polar surface area (TPSA) is 61.5 Å². The number of aromatic nitrogens is 3. The van der Waals surface area contributed by atoms with Crippen LogP contribution in [0.2, 0.25) is 10.0 Å². The summed E-state index contributed by atoms with van der Waals surface area (Å²) < 4.78 is 41.7. The highest BCUT2D eigenvalue weighted by Gasteiger charge is 2.32. The largest absolute Gasteiger partial charge is 0.454 e. The van der Waals surface area contributed by atoms with Crippen molar-refractivity contribution in [2.45, 2.75) is 19.1 Å². The molecule has 0 spiro atoms. The number of benzene rings is 2. The van der Waals surface area contributed by atoms with Gasteiger partial charge in [-0.2, -0.15) is 4.98 Å². The van der Waals surface area contributed by atoms with E-state index in [4.69, 9.17) is 32.7 Å². The van der Waals surface area contributed by atoms with Gasteiger partial charge in [0.05, 0.1) is 40.2 Å². The van der Waals surface area contributed by atoms with E-state index < -0.39 is 17.7 Å². The summed E-state index contributed by atoms with van der Waals surface area (Å²) in [5.41, 5.74) is 0.464. The average molecular weight is 451 g/mol. The molecule has 30 heavy (non-hydrogen) atoms. The fourth-order valence-electron chi connectivity index (χ4n) is 3.41. The lowest BCUT2D eigenvalue weighted by Crippen LogP contribution is -2.38. The van der Waals surface area contributed by atoms with E-state index in [1.54, 1.807) is 19.1 Å². The zero-order chi connectivity index (χ0) is 21.0. The van der Waals surface area contributed by atoms with E-state index in [1.807, 2.05) is 0 Å². The van der Waals surface area contributed by atoms with Crippen molar-refractivity contribution in [2.75, 3.05) is 13.2 Å². The molecule has 0 unspecified atom stereocenters. The van der Waals surface area contributed by atoms with Gasteiger partial charge >= 0.3 is 6.01 Å². The van der Waals surface area contributed by atoms with Crippen molar-refractivity contribution in [3.05, 3.63) is 69.0 Å². The first-order valence-electron chi connectivity index (χ1n) is 9.16. The van der Waals surface area contributed by atoms with Gasteiger partial charge < -0.3 is 9.47 Å². The van der Waals surface area contributed by atoms with Crippen molar-refractivity contribution in [1.82, 2.24) is 14.8 Å². The van der Waals surface area contributed by atoms with Crippen molar-refractivity contribution in [3.8, 4) is 11.7 Å². The van der Waals surface area contributed by atoms with Gasteiger partial charge in [-0.15, -0.1) is 5.10 Å². The molecule has 10 heteroatoms. The third-order valence-corrected chi connectivity index (χ3v) is 5.73. The molecular formula is C20H14Cl2F2N4O2. The zero-order valence-electron chi connectivity index (χ0n) is 15.6. The Morgan fingerprint density at radius 3 is 2.50 bits per heavy atom. The number of halogens is 4. The van der Waals surface area contributed by atoms with Gasteiger partial charge in [-0.25, -0.2) is 13.5 Å². The second-order valence-electron chi connectivity index (χ2n) is 6.95. The number of fused-ring (bicyclic) bond motifs is 3. The van der Waals surface area contributed by atoms with Gasteiger partial charge in [0.2, 0.25) is 0 Å². The van der Waals surface area contributed by atoms with Crippen molar-refractivity contribution < 1.29 is 18.3 Å². The minimum Gasteiger partial charge on any atom is -0.454 e. The standard InChI is InChI=1S/C20H14Cl2F2N4O2/c1-9-19-26-20(30-10-7-29-8-10)27-28(19)14-6-5-11(21)17(22)16(14)18(25-9)15-12(23)3-2-4-13(15)24/h2-6,9-10H,7-8H2,1H3/t9-/m0/s1. The third-order valence-electron chi connectivity index (χ3n) is 4.93. The van der Waals surface area contributed by atoms with Crippen LogP contribution in [0.25, 0.3) is 5.69 Å². The molecule has 1 aromatic heterocycles. The van der Waals surface area contributed by atoms with E-state index in [1.165, 1.54) is 10.7 Å². The maximum Gasteiger partial charge on any atom is 0.336 e. The van der Waals surface area contributed by atoms with Crippen LogP contribution in [0.3, 0.4) is 0 Å². The Morgan fingerprint density at radius 1 is 1.10 bits per heavy atom. The summed E-state index contributed by atoms with van der Waals surface area (Å²) in [6, 6.07) is 6.43. The number of aliphatic imine (C=N–C) groups is 1. The number of hydrogen-bond donors (Lipinski definition) is 0. The van der Waals surface area contributed by atoms with Crippen LogP contribution in [0, 0.1) is 11.6 Å². The molecule has 2 aliphatic heterocycles. The molecule has 0 N–H and O–H groups in total. The normalized spacial score (nSPS) is 18.2. The quantitative estimate of drug-likeness (QED) is 0.587. The van der Waals surface area contributed by atoms with Crippen molar-refractivity contribution in [1.29, 1.82) is 0 Å². The predicted molar refractivity (Wildman–Crippen MR) is 107 cm³/mol. The molecule has 1 saturated heterocycles. The lowest BCUT2D eigenvalue weighted by molar-refractivity contribution is -0.0831. The van der Waals surface area contributed by atoms with E-state index >= 15 is 0 Å². The Bertz CT molecular complexity index is 1170. The SMILES string of the molecule is C[C@@H]1N=C(c2c(F)cccc2F)c2c(ccc(Cl)c2Cl)-n2nc(OC3COC3)nc21. The highest BCUT2D eigenvalue weighted by Crippen LogP contribution is 2.38. The molecule has 2 aliphatic rings. The van der Waals surface area contributed by atoms with Crippen molar-refractivity contribution in [3.63, 3.8) is 0 Å². The maximum atomic E-state index is 14.7. The summed E-state index contributed by atoms with van der Waals surface area (Å²) in [6.07, 6.45) is -0.119. The molecule has 3 aromatic rings. The van der Waals surface area contributed by atoms with Crippen LogP contribution in [0.5, 0.6) is 6.01 Å².